The molecule has 0 atom stereocenters. The molecular formula is C13H9N4O2W-5. The fourth-order valence-electron chi connectivity index (χ4n) is 0.611. The molecule has 0 saturated carbocycles. The topological polar surface area (TPSA) is 97.2 Å². The molecule has 6 nitrogen and oxygen atoms in total. The summed E-state index contributed by atoms with van der Waals surface area (Å²) in [5.74, 6) is 0. The van der Waals surface area contributed by atoms with E-state index in [4.69, 9.17) is 9.30 Å². The van der Waals surface area contributed by atoms with Crippen LogP contribution in [0.4, 0.5) is 0 Å². The van der Waals surface area contributed by atoms with Crippen molar-refractivity contribution >= 4 is 0 Å². The average Bonchev–Trinajstić information content (AvgIpc) is 3.31. The molecule has 0 aliphatic heterocycles. The minimum absolute atomic E-state index is 0. The molecule has 0 radical (unpaired) electrons. The van der Waals surface area contributed by atoms with Gasteiger partial charge in [0.05, 0.1) is 12.7 Å². The van der Waals surface area contributed by atoms with Crippen molar-refractivity contribution in [2.45, 2.75) is 0 Å². The van der Waals surface area contributed by atoms with E-state index in [0.717, 1.165) is 0 Å². The number of rotatable bonds is 0. The molecule has 0 bridgehead atoms. The molecule has 2 aromatic heterocycles. The SMILES string of the molecule is [C-]#[O+].[C-]#[O+].[W].[c-]1[c-][c-][cH-][c-]1.c1c[nH]cn1.c1c[nH]cn1. The third-order valence-corrected chi connectivity index (χ3v) is 1.16. The Morgan fingerprint density at radius 2 is 1.25 bits per heavy atom. The second-order valence-corrected chi connectivity index (χ2v) is 2.20. The molecule has 104 valence electrons. The molecule has 0 saturated heterocycles. The summed E-state index contributed by atoms with van der Waals surface area (Å²) in [5.41, 5.74) is 0. The van der Waals surface area contributed by atoms with Crippen LogP contribution >= 0.6 is 0 Å². The van der Waals surface area contributed by atoms with Crippen LogP contribution in [0.2, 0.25) is 0 Å². The predicted octanol–water partition coefficient (Wildman–Crippen LogP) is 1.35. The molecule has 0 aliphatic carbocycles. The zero-order valence-electron chi connectivity index (χ0n) is 10.2. The molecule has 0 aliphatic rings. The first-order valence-corrected chi connectivity index (χ1v) is 4.59. The molecule has 1 aromatic carbocycles. The number of aromatic amines is 2. The quantitative estimate of drug-likeness (QED) is 0.410. The maximum atomic E-state index is 7.50. The van der Waals surface area contributed by atoms with E-state index in [2.05, 4.69) is 57.5 Å². The fraction of sp³-hybridized carbons (Fsp3) is 0. The largest absolute Gasteiger partial charge is 0.999 e. The Balaban J connectivity index is -0.000000189. The van der Waals surface area contributed by atoms with Crippen molar-refractivity contribution in [1.29, 1.82) is 0 Å². The third kappa shape index (κ3) is 21.2. The monoisotopic (exact) mass is 437 g/mol. The maximum Gasteiger partial charge on any atom is 0.0919 e. The molecule has 2 heterocycles. The number of nitrogens with one attached hydrogen (secondary N) is 2. The van der Waals surface area contributed by atoms with Crippen LogP contribution in [0.25, 0.3) is 0 Å². The molecule has 2 N–H and O–H groups in total. The number of aromatic nitrogens is 4. The van der Waals surface area contributed by atoms with Gasteiger partial charge >= 0.3 is 22.6 Å². The Morgan fingerprint density at radius 1 is 0.850 bits per heavy atom. The van der Waals surface area contributed by atoms with E-state index in [0.29, 0.717) is 0 Å². The summed E-state index contributed by atoms with van der Waals surface area (Å²) >= 11 is 0. The first-order chi connectivity index (χ1) is 9.50. The van der Waals surface area contributed by atoms with Gasteiger partial charge < -0.3 is 40.3 Å². The second-order valence-electron chi connectivity index (χ2n) is 2.20. The standard InChI is InChI=1S/C5H.2C3H4N2.2CO.W/c1-2-4-5-3-1;2*1-2-5-3-4-1;2*1-2;/h1H;2*1-3H,(H,4,5);;;/q-5;;;;;. The maximum absolute atomic E-state index is 7.50. The van der Waals surface area contributed by atoms with Crippen LogP contribution < -0.4 is 0 Å². The Morgan fingerprint density at radius 3 is 1.35 bits per heavy atom. The number of imidazole rings is 2. The Kier molecular flexibility index (Phi) is 29.6. The van der Waals surface area contributed by atoms with Crippen LogP contribution in [-0.2, 0) is 30.4 Å². The summed E-state index contributed by atoms with van der Waals surface area (Å²) in [6, 6.07) is 12.0. The van der Waals surface area contributed by atoms with Crippen molar-refractivity contribution < 1.29 is 30.4 Å². The predicted molar refractivity (Wildman–Crippen MR) is 62.4 cm³/mol. The van der Waals surface area contributed by atoms with Gasteiger partial charge in [0.2, 0.25) is 0 Å². The first-order valence-electron chi connectivity index (χ1n) is 4.59. The van der Waals surface area contributed by atoms with Crippen LogP contribution in [0.15, 0.2) is 43.5 Å². The number of hydrogen-bond acceptors (Lipinski definition) is 2. The van der Waals surface area contributed by atoms with E-state index in [1.807, 2.05) is 0 Å². The normalized spacial score (nSPS) is 6.20. The Hall–Kier alpha value is -2.06. The number of hydrogen-bond donors (Lipinski definition) is 2. The zero-order chi connectivity index (χ0) is 14.6. The van der Waals surface area contributed by atoms with Gasteiger partial charge in [-0.1, -0.05) is 0 Å². The van der Waals surface area contributed by atoms with Crippen molar-refractivity contribution in [1.82, 2.24) is 19.9 Å². The van der Waals surface area contributed by atoms with E-state index in [1.165, 1.54) is 0 Å². The van der Waals surface area contributed by atoms with Crippen LogP contribution in [0.3, 0.4) is 0 Å². The van der Waals surface area contributed by atoms with Crippen LogP contribution in [0.5, 0.6) is 0 Å². The molecular weight excluding hydrogens is 428 g/mol. The van der Waals surface area contributed by atoms with Crippen molar-refractivity contribution in [2.75, 3.05) is 0 Å². The van der Waals surface area contributed by atoms with Gasteiger partial charge in [-0.15, -0.1) is 0 Å². The van der Waals surface area contributed by atoms with Crippen molar-refractivity contribution in [3.05, 3.63) is 81.1 Å². The van der Waals surface area contributed by atoms with Gasteiger partial charge in [0, 0.05) is 45.9 Å². The van der Waals surface area contributed by atoms with E-state index in [1.54, 1.807) is 43.5 Å². The summed E-state index contributed by atoms with van der Waals surface area (Å²) < 4.78 is 15.0. The van der Waals surface area contributed by atoms with Crippen molar-refractivity contribution in [2.24, 2.45) is 0 Å². The molecule has 0 unspecified atom stereocenters. The fourth-order valence-corrected chi connectivity index (χ4v) is 0.611. The summed E-state index contributed by atoms with van der Waals surface area (Å²) in [6.45, 7) is 9.00. The van der Waals surface area contributed by atoms with Crippen molar-refractivity contribution in [3.8, 4) is 0 Å². The molecule has 3 rings (SSSR count). The van der Waals surface area contributed by atoms with Crippen LogP contribution in [0.1, 0.15) is 0 Å². The van der Waals surface area contributed by atoms with Gasteiger partial charge in [0.15, 0.2) is 0 Å². The number of H-pyrrole nitrogens is 2. The molecule has 7 heteroatoms. The minimum atomic E-state index is 0. The second kappa shape index (κ2) is 25.7. The van der Waals surface area contributed by atoms with E-state index >= 15 is 0 Å². The zero-order valence-corrected chi connectivity index (χ0v) is 13.1. The van der Waals surface area contributed by atoms with E-state index < -0.39 is 0 Å². The molecule has 0 fully saturated rings. The van der Waals surface area contributed by atoms with E-state index in [-0.39, 0.29) is 21.1 Å². The van der Waals surface area contributed by atoms with Gasteiger partial charge in [-0.2, -0.15) is 0 Å². The van der Waals surface area contributed by atoms with Crippen LogP contribution in [-0.4, -0.2) is 19.9 Å². The summed E-state index contributed by atoms with van der Waals surface area (Å²) in [4.78, 5) is 12.8. The first kappa shape index (κ1) is 23.1. The van der Waals surface area contributed by atoms with Gasteiger partial charge in [0.1, 0.15) is 0 Å². The van der Waals surface area contributed by atoms with Crippen molar-refractivity contribution in [3.63, 3.8) is 0 Å². The number of nitrogens with zero attached hydrogens (tertiary/aromatic N) is 2. The minimum Gasteiger partial charge on any atom is -0.999 e. The Bertz CT molecular complexity index is 327. The molecule has 0 amide bonds. The smallest absolute Gasteiger partial charge is 0.0919 e. The van der Waals surface area contributed by atoms with Gasteiger partial charge in [-0.05, 0) is 0 Å². The van der Waals surface area contributed by atoms with E-state index in [9.17, 15) is 0 Å². The van der Waals surface area contributed by atoms with Crippen LogP contribution in [0, 0.1) is 37.6 Å². The molecule has 20 heavy (non-hydrogen) atoms. The van der Waals surface area contributed by atoms with Gasteiger partial charge in [0.25, 0.3) is 0 Å². The molecule has 0 spiro atoms. The van der Waals surface area contributed by atoms with Gasteiger partial charge in [-0.3, -0.25) is 0 Å². The average molecular weight is 437 g/mol. The molecule has 3 aromatic rings. The van der Waals surface area contributed by atoms with Gasteiger partial charge in [-0.25, -0.2) is 9.97 Å². The summed E-state index contributed by atoms with van der Waals surface area (Å²) in [5, 5.41) is 0. The summed E-state index contributed by atoms with van der Waals surface area (Å²) in [6.07, 6.45) is 10.2. The third-order valence-electron chi connectivity index (χ3n) is 1.16. The Labute approximate surface area is 131 Å². The summed E-state index contributed by atoms with van der Waals surface area (Å²) in [7, 11) is 0.